The number of amides is 2. The molecular weight excluding hydrogens is 402 g/mol. The molecule has 2 N–H and O–H groups in total. The molecule has 31 heavy (non-hydrogen) atoms. The summed E-state index contributed by atoms with van der Waals surface area (Å²) in [6.45, 7) is 1.55. The van der Waals surface area contributed by atoms with E-state index in [9.17, 15) is 18.4 Å². The van der Waals surface area contributed by atoms with Crippen LogP contribution in [0.25, 0.3) is 5.57 Å². The lowest BCUT2D eigenvalue weighted by Crippen LogP contribution is -2.41. The molecule has 2 atom stereocenters. The van der Waals surface area contributed by atoms with Gasteiger partial charge in [-0.05, 0) is 46.9 Å². The third kappa shape index (κ3) is 3.95. The molecule has 6 nitrogen and oxygen atoms in total. The van der Waals surface area contributed by atoms with E-state index >= 15 is 0 Å². The molecule has 0 spiro atoms. The summed E-state index contributed by atoms with van der Waals surface area (Å²) in [4.78, 5) is 30.7. The number of benzene rings is 1. The number of hydrogen-bond acceptors (Lipinski definition) is 4. The quantitative estimate of drug-likeness (QED) is 0.787. The third-order valence-electron chi connectivity index (χ3n) is 6.17. The molecule has 1 aromatic carbocycles. The minimum absolute atomic E-state index is 0.180. The van der Waals surface area contributed by atoms with Crippen molar-refractivity contribution >= 4 is 23.1 Å². The Morgan fingerprint density at radius 1 is 1.13 bits per heavy atom. The molecule has 5 rings (SSSR count). The van der Waals surface area contributed by atoms with E-state index in [1.54, 1.807) is 17.3 Å². The van der Waals surface area contributed by atoms with E-state index in [0.29, 0.717) is 31.7 Å². The minimum Gasteiger partial charge on any atom is -0.316 e. The molecule has 2 unspecified atom stereocenters. The van der Waals surface area contributed by atoms with Crippen molar-refractivity contribution in [1.82, 2.24) is 15.2 Å². The molecule has 2 amide bonds. The maximum atomic E-state index is 13.3. The summed E-state index contributed by atoms with van der Waals surface area (Å²) in [7, 11) is 0. The van der Waals surface area contributed by atoms with Gasteiger partial charge in [0.15, 0.2) is 5.78 Å². The number of ketones is 1. The van der Waals surface area contributed by atoms with Crippen molar-refractivity contribution < 1.29 is 18.4 Å². The average Bonchev–Trinajstić information content (AvgIpc) is 3.21. The zero-order valence-corrected chi connectivity index (χ0v) is 16.8. The fraction of sp³-hybridized carbons (Fsp3) is 0.348. The number of fused-ring (bicyclic) bond motifs is 1. The van der Waals surface area contributed by atoms with Crippen LogP contribution in [0.1, 0.15) is 29.5 Å². The first-order valence-corrected chi connectivity index (χ1v) is 10.3. The number of alkyl halides is 2. The summed E-state index contributed by atoms with van der Waals surface area (Å²) in [5, 5.41) is 5.93. The van der Waals surface area contributed by atoms with Gasteiger partial charge in [-0.1, -0.05) is 18.2 Å². The van der Waals surface area contributed by atoms with Crippen LogP contribution >= 0.6 is 0 Å². The second kappa shape index (κ2) is 7.53. The lowest BCUT2D eigenvalue weighted by molar-refractivity contribution is -0.124. The third-order valence-corrected chi connectivity index (χ3v) is 6.17. The Balaban J connectivity index is 1.20. The van der Waals surface area contributed by atoms with Crippen molar-refractivity contribution in [3.05, 3.63) is 65.5 Å². The molecule has 1 aliphatic carbocycles. The number of Topliss-reactive ketones (excluding diaryl/α,β-unsaturated/α-hetero) is 1. The number of urea groups is 1. The summed E-state index contributed by atoms with van der Waals surface area (Å²) in [6.07, 6.45) is 5.53. The van der Waals surface area contributed by atoms with Gasteiger partial charge in [0.2, 0.25) is 0 Å². The number of rotatable bonds is 4. The van der Waals surface area contributed by atoms with Crippen LogP contribution < -0.4 is 10.6 Å². The molecule has 0 radical (unpaired) electrons. The van der Waals surface area contributed by atoms with E-state index in [2.05, 4.69) is 15.6 Å². The van der Waals surface area contributed by atoms with E-state index in [4.69, 9.17) is 0 Å². The minimum atomic E-state index is -2.84. The summed E-state index contributed by atoms with van der Waals surface area (Å²) >= 11 is 0. The van der Waals surface area contributed by atoms with Crippen LogP contribution in [0.5, 0.6) is 0 Å². The Morgan fingerprint density at radius 2 is 1.87 bits per heavy atom. The van der Waals surface area contributed by atoms with Crippen LogP contribution in [0.2, 0.25) is 0 Å². The topological polar surface area (TPSA) is 74.3 Å². The summed E-state index contributed by atoms with van der Waals surface area (Å²) in [6, 6.07) is 8.54. The standard InChI is InChI=1S/C23H22F2N4O2/c24-23(25)10-19(23)21(30)20-9-15(6-8-27-20)14-1-3-18(4-2-14)28-22(31)29-12-16-5-7-26-11-17(16)13-29/h1-7,11,19-20,27H,8-10,12-13H2,(H,28,31). The number of carbonyl (C=O) groups is 2. The van der Waals surface area contributed by atoms with Crippen LogP contribution in [0.3, 0.4) is 0 Å². The van der Waals surface area contributed by atoms with Crippen molar-refractivity contribution in [2.75, 3.05) is 11.9 Å². The number of aromatic nitrogens is 1. The number of hydrogen-bond donors (Lipinski definition) is 2. The van der Waals surface area contributed by atoms with Gasteiger partial charge in [0, 0.05) is 44.1 Å². The van der Waals surface area contributed by atoms with Gasteiger partial charge in [-0.2, -0.15) is 0 Å². The molecule has 1 saturated carbocycles. The van der Waals surface area contributed by atoms with Gasteiger partial charge in [-0.25, -0.2) is 13.6 Å². The Labute approximate surface area is 178 Å². The number of pyridine rings is 1. The molecule has 160 valence electrons. The predicted octanol–water partition coefficient (Wildman–Crippen LogP) is 3.60. The van der Waals surface area contributed by atoms with Gasteiger partial charge >= 0.3 is 6.03 Å². The largest absolute Gasteiger partial charge is 0.322 e. The fourth-order valence-corrected chi connectivity index (χ4v) is 4.23. The second-order valence-electron chi connectivity index (χ2n) is 8.32. The maximum Gasteiger partial charge on any atom is 0.322 e. The van der Waals surface area contributed by atoms with E-state index in [0.717, 1.165) is 22.3 Å². The molecule has 0 bridgehead atoms. The maximum absolute atomic E-state index is 13.3. The highest BCUT2D eigenvalue weighted by molar-refractivity contribution is 5.92. The molecule has 1 aromatic heterocycles. The summed E-state index contributed by atoms with van der Waals surface area (Å²) < 4.78 is 26.5. The SMILES string of the molecule is O=C(C1CC(c2ccc(NC(=O)N3Cc4ccncc4C3)cc2)=CCN1)C1CC1(F)F. The van der Waals surface area contributed by atoms with Crippen molar-refractivity contribution in [2.24, 2.45) is 5.92 Å². The Kier molecular flexibility index (Phi) is 4.81. The van der Waals surface area contributed by atoms with Crippen molar-refractivity contribution in [3.8, 4) is 0 Å². The van der Waals surface area contributed by atoms with Crippen LogP contribution in [0.15, 0.2) is 48.8 Å². The molecule has 0 saturated heterocycles. The Hall–Kier alpha value is -3.13. The number of carbonyl (C=O) groups excluding carboxylic acids is 2. The fourth-order valence-electron chi connectivity index (χ4n) is 4.23. The lowest BCUT2D eigenvalue weighted by Gasteiger charge is -2.24. The Bertz CT molecular complexity index is 1040. The molecule has 2 aliphatic heterocycles. The smallest absolute Gasteiger partial charge is 0.316 e. The highest BCUT2D eigenvalue weighted by Gasteiger charge is 2.61. The van der Waals surface area contributed by atoms with Crippen LogP contribution in [0.4, 0.5) is 19.3 Å². The van der Waals surface area contributed by atoms with Crippen LogP contribution in [-0.2, 0) is 17.9 Å². The van der Waals surface area contributed by atoms with Crippen LogP contribution in [-0.4, -0.2) is 40.2 Å². The summed E-state index contributed by atoms with van der Waals surface area (Å²) in [5.41, 5.74) is 4.69. The van der Waals surface area contributed by atoms with E-state index < -0.39 is 23.7 Å². The van der Waals surface area contributed by atoms with E-state index in [1.165, 1.54) is 0 Å². The summed E-state index contributed by atoms with van der Waals surface area (Å²) in [5.74, 6) is -4.39. The first-order chi connectivity index (χ1) is 14.9. The van der Waals surface area contributed by atoms with Gasteiger partial charge in [0.1, 0.15) is 0 Å². The van der Waals surface area contributed by atoms with Crippen LogP contribution in [0, 0.1) is 5.92 Å². The predicted molar refractivity (Wildman–Crippen MR) is 111 cm³/mol. The first-order valence-electron chi connectivity index (χ1n) is 10.3. The van der Waals surface area contributed by atoms with Gasteiger partial charge in [0.05, 0.1) is 12.0 Å². The zero-order chi connectivity index (χ0) is 21.6. The molecule has 3 aliphatic rings. The lowest BCUT2D eigenvalue weighted by atomic mass is 9.92. The normalized spacial score (nSPS) is 23.7. The van der Waals surface area contributed by atoms with Gasteiger partial charge in [-0.15, -0.1) is 0 Å². The van der Waals surface area contributed by atoms with Crippen molar-refractivity contribution in [1.29, 1.82) is 0 Å². The highest BCUT2D eigenvalue weighted by atomic mass is 19.3. The molecule has 3 heterocycles. The highest BCUT2D eigenvalue weighted by Crippen LogP contribution is 2.50. The molecule has 1 fully saturated rings. The van der Waals surface area contributed by atoms with Gasteiger partial charge in [-0.3, -0.25) is 9.78 Å². The molecule has 8 heteroatoms. The van der Waals surface area contributed by atoms with Crippen molar-refractivity contribution in [2.45, 2.75) is 37.9 Å². The van der Waals surface area contributed by atoms with Crippen molar-refractivity contribution in [3.63, 3.8) is 0 Å². The van der Waals surface area contributed by atoms with E-state index in [-0.39, 0.29) is 12.5 Å². The average molecular weight is 424 g/mol. The number of nitrogens with one attached hydrogen (secondary N) is 2. The number of nitrogens with zero attached hydrogens (tertiary/aromatic N) is 2. The number of anilines is 1. The van der Waals surface area contributed by atoms with E-state index in [1.807, 2.05) is 36.4 Å². The zero-order valence-electron chi connectivity index (χ0n) is 16.8. The monoisotopic (exact) mass is 424 g/mol. The first kappa shape index (κ1) is 19.8. The number of halogens is 2. The Morgan fingerprint density at radius 3 is 2.58 bits per heavy atom. The van der Waals surface area contributed by atoms with Gasteiger partial charge in [0.25, 0.3) is 5.92 Å². The van der Waals surface area contributed by atoms with Gasteiger partial charge < -0.3 is 15.5 Å². The second-order valence-corrected chi connectivity index (χ2v) is 8.32. The molecule has 2 aromatic rings. The molecular formula is C23H22F2N4O2.